The van der Waals surface area contributed by atoms with Crippen molar-refractivity contribution in [1.29, 1.82) is 0 Å². The number of nitrogens with one attached hydrogen (secondary N) is 1. The fraction of sp³-hybridized carbons (Fsp3) is 0.200. The van der Waals surface area contributed by atoms with E-state index in [1.54, 1.807) is 51.7 Å². The molecule has 2 N–H and O–H groups in total. The summed E-state index contributed by atoms with van der Waals surface area (Å²) in [5.74, 6) is 1.91. The smallest absolute Gasteiger partial charge is 0.255 e. The maximum absolute atomic E-state index is 14.3. The number of benzene rings is 4. The van der Waals surface area contributed by atoms with Crippen molar-refractivity contribution in [1.82, 2.24) is 9.97 Å². The molecule has 7 rings (SSSR count). The van der Waals surface area contributed by atoms with Gasteiger partial charge in [-0.25, -0.2) is 4.98 Å². The Morgan fingerprint density at radius 2 is 1.52 bits per heavy atom. The SMILES string of the molecule is COc1ccc(C23Oc4cc(OC)cc(OC)c4C2(O)c2nc(-c4cccc(OC)c4)[nH]c(=O)c2C3c2ccccc2)cc1. The number of hydrogen-bond acceptors (Lipinski definition) is 8. The predicted molar refractivity (Wildman–Crippen MR) is 163 cm³/mol. The lowest BCUT2D eigenvalue weighted by Crippen LogP contribution is -2.49. The van der Waals surface area contributed by atoms with Gasteiger partial charge in [0.2, 0.25) is 0 Å². The molecule has 0 fully saturated rings. The van der Waals surface area contributed by atoms with Crippen molar-refractivity contribution in [3.8, 4) is 40.1 Å². The minimum Gasteiger partial charge on any atom is -0.497 e. The van der Waals surface area contributed by atoms with Crippen LogP contribution in [0.1, 0.15) is 33.9 Å². The summed E-state index contributed by atoms with van der Waals surface area (Å²) >= 11 is 0. The van der Waals surface area contributed by atoms with E-state index in [-0.39, 0.29) is 11.5 Å². The van der Waals surface area contributed by atoms with Crippen LogP contribution in [0.3, 0.4) is 0 Å². The van der Waals surface area contributed by atoms with Gasteiger partial charge in [0.05, 0.1) is 51.2 Å². The first-order chi connectivity index (χ1) is 21.4. The first kappa shape index (κ1) is 27.5. The van der Waals surface area contributed by atoms with Crippen LogP contribution in [0.15, 0.2) is 95.8 Å². The highest BCUT2D eigenvalue weighted by atomic mass is 16.5. The van der Waals surface area contributed by atoms with Crippen molar-refractivity contribution in [3.05, 3.63) is 129 Å². The third-order valence-corrected chi connectivity index (χ3v) is 8.65. The van der Waals surface area contributed by atoms with Gasteiger partial charge in [-0.15, -0.1) is 0 Å². The van der Waals surface area contributed by atoms with Crippen LogP contribution >= 0.6 is 0 Å². The molecule has 0 radical (unpaired) electrons. The molecule has 9 heteroatoms. The number of fused-ring (bicyclic) bond motifs is 5. The van der Waals surface area contributed by atoms with Crippen LogP contribution in [0.5, 0.6) is 28.7 Å². The number of rotatable bonds is 7. The molecular weight excluding hydrogens is 560 g/mol. The Morgan fingerprint density at radius 3 is 2.20 bits per heavy atom. The highest BCUT2D eigenvalue weighted by molar-refractivity contribution is 5.70. The number of aromatic nitrogens is 2. The molecule has 0 bridgehead atoms. The first-order valence-corrected chi connectivity index (χ1v) is 14.1. The highest BCUT2D eigenvalue weighted by Gasteiger charge is 2.73. The molecule has 44 heavy (non-hydrogen) atoms. The van der Waals surface area contributed by atoms with Gasteiger partial charge in [-0.1, -0.05) is 54.6 Å². The predicted octanol–water partition coefficient (Wildman–Crippen LogP) is 5.14. The second-order valence-electron chi connectivity index (χ2n) is 10.7. The van der Waals surface area contributed by atoms with E-state index in [2.05, 4.69) is 4.98 Å². The highest BCUT2D eigenvalue weighted by Crippen LogP contribution is 2.69. The lowest BCUT2D eigenvalue weighted by Gasteiger charge is -2.40. The van der Waals surface area contributed by atoms with Crippen LogP contribution < -0.4 is 29.2 Å². The number of hydrogen-bond donors (Lipinski definition) is 2. The van der Waals surface area contributed by atoms with Gasteiger partial charge in [-0.3, -0.25) is 4.79 Å². The van der Waals surface area contributed by atoms with E-state index < -0.39 is 22.7 Å². The van der Waals surface area contributed by atoms with Gasteiger partial charge in [0.25, 0.3) is 5.56 Å². The fourth-order valence-corrected chi connectivity index (χ4v) is 6.73. The number of nitrogens with zero attached hydrogens (tertiary/aromatic N) is 1. The van der Waals surface area contributed by atoms with Crippen LogP contribution in [-0.4, -0.2) is 43.5 Å². The molecule has 1 aromatic heterocycles. The summed E-state index contributed by atoms with van der Waals surface area (Å²) in [7, 11) is 6.23. The zero-order chi connectivity index (χ0) is 30.6. The molecule has 2 heterocycles. The Labute approximate surface area is 253 Å². The molecular formula is C35H30N2O7. The summed E-state index contributed by atoms with van der Waals surface area (Å²) in [4.78, 5) is 22.3. The summed E-state index contributed by atoms with van der Waals surface area (Å²) in [6.45, 7) is 0. The minimum atomic E-state index is -1.98. The molecule has 222 valence electrons. The van der Waals surface area contributed by atoms with Crippen molar-refractivity contribution in [2.45, 2.75) is 17.1 Å². The van der Waals surface area contributed by atoms with Crippen molar-refractivity contribution >= 4 is 0 Å². The molecule has 0 spiro atoms. The quantitative estimate of drug-likeness (QED) is 0.268. The average Bonchev–Trinajstić information content (AvgIpc) is 3.47. The van der Waals surface area contributed by atoms with Crippen molar-refractivity contribution in [2.75, 3.05) is 28.4 Å². The second-order valence-corrected chi connectivity index (χ2v) is 10.7. The van der Waals surface area contributed by atoms with Crippen molar-refractivity contribution in [3.63, 3.8) is 0 Å². The van der Waals surface area contributed by atoms with E-state index in [9.17, 15) is 9.90 Å². The fourth-order valence-electron chi connectivity index (χ4n) is 6.73. The van der Waals surface area contributed by atoms with Gasteiger partial charge in [0.15, 0.2) is 11.2 Å². The number of aromatic amines is 1. The Morgan fingerprint density at radius 1 is 0.795 bits per heavy atom. The first-order valence-electron chi connectivity index (χ1n) is 14.1. The normalized spacial score (nSPS) is 21.1. The van der Waals surface area contributed by atoms with Crippen molar-refractivity contribution in [2.24, 2.45) is 0 Å². The molecule has 1 aliphatic carbocycles. The van der Waals surface area contributed by atoms with E-state index in [0.717, 1.165) is 5.56 Å². The van der Waals surface area contributed by atoms with Crippen LogP contribution in [0.2, 0.25) is 0 Å². The second kappa shape index (κ2) is 10.2. The molecule has 0 amide bonds. The van der Waals surface area contributed by atoms with Crippen molar-refractivity contribution < 1.29 is 28.8 Å². The Hall–Kier alpha value is -5.28. The molecule has 0 saturated carbocycles. The van der Waals surface area contributed by atoms with E-state index >= 15 is 0 Å². The number of H-pyrrole nitrogens is 1. The lowest BCUT2D eigenvalue weighted by atomic mass is 9.70. The maximum atomic E-state index is 14.3. The van der Waals surface area contributed by atoms with E-state index in [4.69, 9.17) is 28.7 Å². The third kappa shape index (κ3) is 3.69. The molecule has 3 unspecified atom stereocenters. The van der Waals surface area contributed by atoms with Crippen LogP contribution in [0.4, 0.5) is 0 Å². The van der Waals surface area contributed by atoms with Crippen LogP contribution in [-0.2, 0) is 11.2 Å². The Bertz CT molecular complexity index is 1940. The average molecular weight is 591 g/mol. The summed E-state index contributed by atoms with van der Waals surface area (Å²) in [5, 5.41) is 13.5. The van der Waals surface area contributed by atoms with Crippen LogP contribution in [0.25, 0.3) is 11.4 Å². The zero-order valence-corrected chi connectivity index (χ0v) is 24.6. The van der Waals surface area contributed by atoms with Gasteiger partial charge in [0, 0.05) is 23.3 Å². The van der Waals surface area contributed by atoms with Gasteiger partial charge in [0.1, 0.15) is 34.6 Å². The van der Waals surface area contributed by atoms with E-state index in [1.807, 2.05) is 60.7 Å². The molecule has 0 saturated heterocycles. The molecule has 5 aromatic rings. The number of aliphatic hydroxyl groups is 1. The zero-order valence-electron chi connectivity index (χ0n) is 24.6. The summed E-state index contributed by atoms with van der Waals surface area (Å²) in [6, 6.07) is 27.5. The van der Waals surface area contributed by atoms with E-state index in [1.165, 1.54) is 7.11 Å². The van der Waals surface area contributed by atoms with Gasteiger partial charge in [-0.2, -0.15) is 0 Å². The largest absolute Gasteiger partial charge is 0.497 e. The molecule has 9 nitrogen and oxygen atoms in total. The lowest BCUT2D eigenvalue weighted by molar-refractivity contribution is -0.0909. The molecule has 4 aromatic carbocycles. The Kier molecular flexibility index (Phi) is 6.37. The van der Waals surface area contributed by atoms with Gasteiger partial charge in [-0.05, 0) is 29.8 Å². The number of methoxy groups -OCH3 is 4. The minimum absolute atomic E-state index is 0.172. The molecule has 1 aliphatic heterocycles. The molecule has 3 atom stereocenters. The summed E-state index contributed by atoms with van der Waals surface area (Å²) in [6.07, 6.45) is 0. The summed E-state index contributed by atoms with van der Waals surface area (Å²) < 4.78 is 29.3. The van der Waals surface area contributed by atoms with Gasteiger partial charge >= 0.3 is 0 Å². The number of ether oxygens (including phenoxy) is 5. The monoisotopic (exact) mass is 590 g/mol. The Balaban J connectivity index is 1.62. The van der Waals surface area contributed by atoms with Crippen LogP contribution in [0, 0.1) is 0 Å². The summed E-state index contributed by atoms with van der Waals surface area (Å²) in [5.41, 5.74) is -1.12. The topological polar surface area (TPSA) is 112 Å². The van der Waals surface area contributed by atoms with E-state index in [0.29, 0.717) is 51.0 Å². The third-order valence-electron chi connectivity index (χ3n) is 8.65. The standard InChI is InChI=1S/C35H30N2O7/c1-40-23-15-13-22(14-16-23)35-29(20-9-6-5-7-10-20)28-31(36-32(37-33(28)38)21-11-8-12-24(17-21)41-2)34(35,39)30-26(43-4)18-25(42-3)19-27(30)44-35/h5-19,29,39H,1-4H3,(H,36,37,38). The van der Waals surface area contributed by atoms with Gasteiger partial charge < -0.3 is 33.8 Å². The molecule has 2 aliphatic rings. The maximum Gasteiger partial charge on any atom is 0.255 e.